The zero-order valence-corrected chi connectivity index (χ0v) is 24.6. The van der Waals surface area contributed by atoms with Gasteiger partial charge in [0.25, 0.3) is 5.69 Å². The highest BCUT2D eigenvalue weighted by Gasteiger charge is 2.35. The summed E-state index contributed by atoms with van der Waals surface area (Å²) in [4.78, 5) is 37.1. The van der Waals surface area contributed by atoms with Crippen molar-refractivity contribution in [3.05, 3.63) is 98.8 Å². The Kier molecular flexibility index (Phi) is 9.20. The SMILES string of the molecule is COc1cc(C(SCCNC(=O)OCC2c3ccccc3-c3ccccc32)C2=C(O)CCCC2=O)c([N+](=O)[O-])cc1OC. The number of ether oxygens (including phenoxy) is 3. The van der Waals surface area contributed by atoms with Gasteiger partial charge in [-0.1, -0.05) is 48.5 Å². The number of amides is 1. The monoisotopic (exact) mass is 604 g/mol. The number of carbonyl (C=O) groups is 2. The Balaban J connectivity index is 1.28. The van der Waals surface area contributed by atoms with Gasteiger partial charge in [0.15, 0.2) is 17.3 Å². The first kappa shape index (κ1) is 30.0. The fourth-order valence-corrected chi connectivity index (χ4v) is 6.96. The van der Waals surface area contributed by atoms with Gasteiger partial charge in [-0.3, -0.25) is 14.9 Å². The van der Waals surface area contributed by atoms with E-state index in [0.29, 0.717) is 12.8 Å². The number of thioether (sulfide) groups is 1. The molecule has 0 aromatic heterocycles. The number of ketones is 1. The van der Waals surface area contributed by atoms with Crippen molar-refractivity contribution in [3.8, 4) is 22.6 Å². The molecule has 224 valence electrons. The Labute approximate surface area is 253 Å². The average Bonchev–Trinajstić information content (AvgIpc) is 3.33. The Morgan fingerprint density at radius 2 is 1.67 bits per heavy atom. The number of benzene rings is 3. The molecule has 0 fully saturated rings. The van der Waals surface area contributed by atoms with Crippen molar-refractivity contribution in [1.82, 2.24) is 5.32 Å². The molecule has 1 atom stereocenters. The molecule has 0 spiro atoms. The van der Waals surface area contributed by atoms with Crippen LogP contribution in [0.4, 0.5) is 10.5 Å². The van der Waals surface area contributed by atoms with Crippen LogP contribution in [0.2, 0.25) is 0 Å². The van der Waals surface area contributed by atoms with Crippen LogP contribution in [0, 0.1) is 10.1 Å². The van der Waals surface area contributed by atoms with Crippen LogP contribution in [0.1, 0.15) is 47.1 Å². The van der Waals surface area contributed by atoms with Crippen LogP contribution in [0.3, 0.4) is 0 Å². The van der Waals surface area contributed by atoms with Gasteiger partial charge in [-0.25, -0.2) is 4.79 Å². The molecule has 1 unspecified atom stereocenters. The smallest absolute Gasteiger partial charge is 0.407 e. The normalized spacial score (nSPS) is 15.0. The minimum absolute atomic E-state index is 0.0743. The first-order valence-electron chi connectivity index (χ1n) is 13.9. The molecule has 0 bridgehead atoms. The van der Waals surface area contributed by atoms with E-state index in [9.17, 15) is 24.8 Å². The lowest BCUT2D eigenvalue weighted by atomic mass is 9.90. The number of Topliss-reactive ketones (excluding diaryl/α,β-unsaturated/α-hetero) is 1. The number of nitrogens with one attached hydrogen (secondary N) is 1. The van der Waals surface area contributed by atoms with Gasteiger partial charge in [-0.2, -0.15) is 0 Å². The van der Waals surface area contributed by atoms with E-state index in [0.717, 1.165) is 22.3 Å². The van der Waals surface area contributed by atoms with Crippen molar-refractivity contribution in [2.45, 2.75) is 30.4 Å². The number of nitrogens with zero attached hydrogens (tertiary/aromatic N) is 1. The third-order valence-corrected chi connectivity index (χ3v) is 8.97. The Morgan fingerprint density at radius 1 is 1.05 bits per heavy atom. The van der Waals surface area contributed by atoms with Crippen LogP contribution < -0.4 is 14.8 Å². The van der Waals surface area contributed by atoms with Gasteiger partial charge < -0.3 is 24.6 Å². The molecule has 3 aromatic carbocycles. The van der Waals surface area contributed by atoms with Gasteiger partial charge in [0.1, 0.15) is 12.4 Å². The van der Waals surface area contributed by atoms with Crippen LogP contribution in [-0.4, -0.2) is 55.0 Å². The second-order valence-corrected chi connectivity index (χ2v) is 11.4. The lowest BCUT2D eigenvalue weighted by Gasteiger charge is -2.24. The first-order valence-corrected chi connectivity index (χ1v) is 14.9. The van der Waals surface area contributed by atoms with Crippen molar-refractivity contribution in [2.24, 2.45) is 0 Å². The fraction of sp³-hybridized carbons (Fsp3) is 0.312. The Morgan fingerprint density at radius 3 is 2.28 bits per heavy atom. The number of carbonyl (C=O) groups excluding carboxylic acids is 2. The van der Waals surface area contributed by atoms with E-state index in [-0.39, 0.29) is 71.1 Å². The summed E-state index contributed by atoms with van der Waals surface area (Å²) in [5.74, 6) is 0.289. The van der Waals surface area contributed by atoms with Gasteiger partial charge in [0.2, 0.25) is 0 Å². The molecule has 5 rings (SSSR count). The summed E-state index contributed by atoms with van der Waals surface area (Å²) in [5.41, 5.74) is 4.55. The molecule has 0 heterocycles. The van der Waals surface area contributed by atoms with Gasteiger partial charge in [0.05, 0.1) is 41.6 Å². The van der Waals surface area contributed by atoms with E-state index < -0.39 is 16.3 Å². The van der Waals surface area contributed by atoms with Crippen molar-refractivity contribution < 1.29 is 33.8 Å². The van der Waals surface area contributed by atoms with Crippen LogP contribution in [0.5, 0.6) is 11.5 Å². The molecule has 1 amide bonds. The lowest BCUT2D eigenvalue weighted by molar-refractivity contribution is -0.385. The van der Waals surface area contributed by atoms with E-state index >= 15 is 0 Å². The van der Waals surface area contributed by atoms with Gasteiger partial charge in [-0.15, -0.1) is 11.8 Å². The Bertz CT molecular complexity index is 1540. The maximum atomic E-state index is 13.0. The summed E-state index contributed by atoms with van der Waals surface area (Å²) in [7, 11) is 2.79. The number of hydrogen-bond acceptors (Lipinski definition) is 9. The van der Waals surface area contributed by atoms with E-state index in [2.05, 4.69) is 17.4 Å². The zero-order valence-electron chi connectivity index (χ0n) is 23.8. The molecule has 0 saturated carbocycles. The fourth-order valence-electron chi connectivity index (χ4n) is 5.70. The second-order valence-electron chi connectivity index (χ2n) is 10.2. The first-order chi connectivity index (χ1) is 20.8. The van der Waals surface area contributed by atoms with Gasteiger partial charge in [-0.05, 0) is 34.7 Å². The number of nitro benzene ring substituents is 1. The van der Waals surface area contributed by atoms with E-state index in [1.54, 1.807) is 0 Å². The maximum absolute atomic E-state index is 13.0. The molecular weight excluding hydrogens is 572 g/mol. The Hall–Kier alpha value is -4.51. The number of hydrogen-bond donors (Lipinski definition) is 2. The standard InChI is InChI=1S/C32H32N2O8S/c1-40-28-16-23(25(34(38)39)17-29(28)41-2)31(30-26(35)12-7-13-27(30)36)43-15-14-33-32(37)42-18-24-21-10-5-3-8-19(21)20-9-4-6-11-22(20)24/h3-6,8-11,16-17,24,31,35H,7,12-15,18H2,1-2H3,(H,33,37). The average molecular weight is 605 g/mol. The number of allylic oxidation sites excluding steroid dienone is 1. The van der Waals surface area contributed by atoms with Crippen LogP contribution in [0.25, 0.3) is 11.1 Å². The molecule has 43 heavy (non-hydrogen) atoms. The minimum Gasteiger partial charge on any atom is -0.512 e. The minimum atomic E-state index is -0.864. The summed E-state index contributed by atoms with van der Waals surface area (Å²) in [5, 5.41) is 24.6. The molecule has 0 saturated heterocycles. The highest BCUT2D eigenvalue weighted by molar-refractivity contribution is 7.99. The summed E-state index contributed by atoms with van der Waals surface area (Å²) >= 11 is 1.21. The molecule has 2 aliphatic carbocycles. The quantitative estimate of drug-likeness (QED) is 0.143. The van der Waals surface area contributed by atoms with Crippen molar-refractivity contribution in [2.75, 3.05) is 33.1 Å². The predicted molar refractivity (Wildman–Crippen MR) is 163 cm³/mol. The highest BCUT2D eigenvalue weighted by atomic mass is 32.2. The third-order valence-electron chi connectivity index (χ3n) is 7.70. The number of methoxy groups -OCH3 is 2. The van der Waals surface area contributed by atoms with Gasteiger partial charge >= 0.3 is 6.09 Å². The lowest BCUT2D eigenvalue weighted by Crippen LogP contribution is -2.28. The molecule has 10 nitrogen and oxygen atoms in total. The largest absolute Gasteiger partial charge is 0.512 e. The maximum Gasteiger partial charge on any atom is 0.407 e. The number of alkyl carbamates (subject to hydrolysis) is 1. The third kappa shape index (κ3) is 6.17. The second kappa shape index (κ2) is 13.2. The number of aliphatic hydroxyl groups is 1. The molecule has 11 heteroatoms. The van der Waals surface area contributed by atoms with Crippen molar-refractivity contribution in [1.29, 1.82) is 0 Å². The molecular formula is C32H32N2O8S. The van der Waals surface area contributed by atoms with Crippen molar-refractivity contribution >= 4 is 29.3 Å². The predicted octanol–water partition coefficient (Wildman–Crippen LogP) is 6.49. The summed E-state index contributed by atoms with van der Waals surface area (Å²) in [6.07, 6.45) is 0.447. The summed E-state index contributed by atoms with van der Waals surface area (Å²) in [6, 6.07) is 18.9. The molecule has 0 aliphatic heterocycles. The van der Waals surface area contributed by atoms with E-state index in [4.69, 9.17) is 14.2 Å². The van der Waals surface area contributed by atoms with E-state index in [1.807, 2.05) is 36.4 Å². The van der Waals surface area contributed by atoms with Crippen LogP contribution in [-0.2, 0) is 9.53 Å². The molecule has 2 N–H and O–H groups in total. The summed E-state index contributed by atoms with van der Waals surface area (Å²) < 4.78 is 16.2. The van der Waals surface area contributed by atoms with Crippen molar-refractivity contribution in [3.63, 3.8) is 0 Å². The number of nitro groups is 1. The zero-order chi connectivity index (χ0) is 30.5. The number of fused-ring (bicyclic) bond motifs is 3. The number of aliphatic hydroxyl groups excluding tert-OH is 1. The molecule has 0 radical (unpaired) electrons. The van der Waals surface area contributed by atoms with Crippen LogP contribution in [0.15, 0.2) is 72.0 Å². The highest BCUT2D eigenvalue weighted by Crippen LogP contribution is 2.47. The van der Waals surface area contributed by atoms with E-state index in [1.165, 1.54) is 38.1 Å². The molecule has 2 aliphatic rings. The topological polar surface area (TPSA) is 137 Å². The molecule has 3 aromatic rings. The summed E-state index contributed by atoms with van der Waals surface area (Å²) in [6.45, 7) is 0.337. The number of rotatable bonds is 11. The van der Waals surface area contributed by atoms with Crippen LogP contribution >= 0.6 is 11.8 Å². The van der Waals surface area contributed by atoms with Gasteiger partial charge in [0, 0.05) is 31.1 Å².